The van der Waals surface area contributed by atoms with E-state index in [-0.39, 0.29) is 5.43 Å². The fourth-order valence-electron chi connectivity index (χ4n) is 1.87. The highest BCUT2D eigenvalue weighted by molar-refractivity contribution is 7.09. The maximum atomic E-state index is 12.1. The van der Waals surface area contributed by atoms with Gasteiger partial charge in [-0.3, -0.25) is 4.79 Å². The molecule has 0 aliphatic rings. The number of aryl methyl sites for hydroxylation is 1. The van der Waals surface area contributed by atoms with Gasteiger partial charge in [0.15, 0.2) is 11.2 Å². The van der Waals surface area contributed by atoms with Gasteiger partial charge in [0.05, 0.1) is 17.5 Å². The molecule has 5 heteroatoms. The van der Waals surface area contributed by atoms with Crippen LogP contribution in [0.3, 0.4) is 0 Å². The third-order valence-corrected chi connectivity index (χ3v) is 3.58. The van der Waals surface area contributed by atoms with E-state index in [1.807, 2.05) is 12.3 Å². The summed E-state index contributed by atoms with van der Waals surface area (Å²) in [6.07, 6.45) is 0. The molecule has 3 aromatic rings. The second kappa shape index (κ2) is 4.51. The smallest absolute Gasteiger partial charge is 0.193 e. The summed E-state index contributed by atoms with van der Waals surface area (Å²) in [6, 6.07) is 6.63. The predicted molar refractivity (Wildman–Crippen MR) is 74.9 cm³/mol. The molecule has 0 saturated heterocycles. The van der Waals surface area contributed by atoms with Crippen LogP contribution in [0.4, 0.5) is 0 Å². The Morgan fingerprint density at radius 1 is 1.32 bits per heavy atom. The zero-order chi connectivity index (χ0) is 13.4. The van der Waals surface area contributed by atoms with Crippen LogP contribution in [0.5, 0.6) is 5.75 Å². The van der Waals surface area contributed by atoms with Gasteiger partial charge in [0, 0.05) is 17.5 Å². The highest BCUT2D eigenvalue weighted by atomic mass is 32.1. The molecule has 0 spiro atoms. The van der Waals surface area contributed by atoms with Crippen molar-refractivity contribution in [2.45, 2.75) is 6.92 Å². The molecule has 0 N–H and O–H groups in total. The molecule has 0 amide bonds. The van der Waals surface area contributed by atoms with Crippen molar-refractivity contribution < 1.29 is 9.15 Å². The highest BCUT2D eigenvalue weighted by Gasteiger charge is 2.10. The Morgan fingerprint density at radius 2 is 2.16 bits per heavy atom. The Hall–Kier alpha value is -2.14. The van der Waals surface area contributed by atoms with Gasteiger partial charge in [0.2, 0.25) is 0 Å². The van der Waals surface area contributed by atoms with E-state index in [0.717, 1.165) is 5.01 Å². The Labute approximate surface area is 113 Å². The molecule has 2 aromatic heterocycles. The molecule has 0 unspecified atom stereocenters. The third kappa shape index (κ3) is 2.13. The first-order chi connectivity index (χ1) is 9.17. The lowest BCUT2D eigenvalue weighted by atomic mass is 10.2. The predicted octanol–water partition coefficient (Wildman–Crippen LogP) is 3.23. The van der Waals surface area contributed by atoms with E-state index < -0.39 is 0 Å². The average molecular weight is 273 g/mol. The summed E-state index contributed by atoms with van der Waals surface area (Å²) < 4.78 is 10.9. The van der Waals surface area contributed by atoms with Crippen LogP contribution >= 0.6 is 11.3 Å². The summed E-state index contributed by atoms with van der Waals surface area (Å²) in [5.41, 5.74) is 1.11. The Bertz CT molecular complexity index is 804. The lowest BCUT2D eigenvalue weighted by Gasteiger charge is -2.03. The van der Waals surface area contributed by atoms with Crippen molar-refractivity contribution in [3.63, 3.8) is 0 Å². The summed E-state index contributed by atoms with van der Waals surface area (Å²) in [6.45, 7) is 1.91. The molecule has 4 nitrogen and oxygen atoms in total. The number of thiazole rings is 1. The normalized spacial score (nSPS) is 10.8. The topological polar surface area (TPSA) is 52.3 Å². The summed E-state index contributed by atoms with van der Waals surface area (Å²) in [5.74, 6) is 1.14. The minimum Gasteiger partial charge on any atom is -0.497 e. The minimum absolute atomic E-state index is 0.0791. The first-order valence-electron chi connectivity index (χ1n) is 5.72. The van der Waals surface area contributed by atoms with E-state index in [9.17, 15) is 4.79 Å². The molecule has 2 heterocycles. The molecule has 0 atom stereocenters. The molecule has 96 valence electrons. The molecule has 0 fully saturated rings. The van der Waals surface area contributed by atoms with E-state index in [2.05, 4.69) is 4.98 Å². The van der Waals surface area contributed by atoms with Gasteiger partial charge in [-0.1, -0.05) is 0 Å². The number of fused-ring (bicyclic) bond motifs is 1. The van der Waals surface area contributed by atoms with Crippen LogP contribution in [-0.4, -0.2) is 12.1 Å². The quantitative estimate of drug-likeness (QED) is 0.719. The molecule has 0 bridgehead atoms. The number of ether oxygens (including phenoxy) is 1. The highest BCUT2D eigenvalue weighted by Crippen LogP contribution is 2.25. The van der Waals surface area contributed by atoms with Crippen molar-refractivity contribution in [1.82, 2.24) is 4.98 Å². The van der Waals surface area contributed by atoms with E-state index in [4.69, 9.17) is 9.15 Å². The monoisotopic (exact) mass is 273 g/mol. The van der Waals surface area contributed by atoms with Crippen LogP contribution in [0.15, 0.2) is 38.9 Å². The van der Waals surface area contributed by atoms with E-state index in [0.29, 0.717) is 28.2 Å². The molecular formula is C14H11NO3S. The van der Waals surface area contributed by atoms with Gasteiger partial charge in [-0.15, -0.1) is 11.3 Å². The molecular weight excluding hydrogens is 262 g/mol. The summed E-state index contributed by atoms with van der Waals surface area (Å²) in [4.78, 5) is 16.4. The van der Waals surface area contributed by atoms with Crippen molar-refractivity contribution in [3.05, 3.63) is 44.9 Å². The van der Waals surface area contributed by atoms with Crippen molar-refractivity contribution >= 4 is 22.3 Å². The first kappa shape index (κ1) is 11.9. The number of benzene rings is 1. The molecule has 0 saturated carbocycles. The molecule has 1 aromatic carbocycles. The van der Waals surface area contributed by atoms with Crippen molar-refractivity contribution in [2.24, 2.45) is 0 Å². The standard InChI is InChI=1S/C14H11NO3S/c1-8-15-11(7-19-8)14-6-12(16)10-4-3-9(17-2)5-13(10)18-14/h3-7H,1-2H3. The zero-order valence-electron chi connectivity index (χ0n) is 10.5. The fourth-order valence-corrected chi connectivity index (χ4v) is 2.47. The van der Waals surface area contributed by atoms with Crippen molar-refractivity contribution in [2.75, 3.05) is 7.11 Å². The number of hydrogen-bond acceptors (Lipinski definition) is 5. The first-order valence-corrected chi connectivity index (χ1v) is 6.60. The average Bonchev–Trinajstić information content (AvgIpc) is 2.84. The Morgan fingerprint density at radius 3 is 2.84 bits per heavy atom. The second-order valence-corrected chi connectivity index (χ2v) is 5.15. The van der Waals surface area contributed by atoms with Crippen molar-refractivity contribution in [3.8, 4) is 17.2 Å². The lowest BCUT2D eigenvalue weighted by molar-refractivity contribution is 0.414. The van der Waals surface area contributed by atoms with Crippen LogP contribution in [0.25, 0.3) is 22.4 Å². The van der Waals surface area contributed by atoms with Crippen LogP contribution < -0.4 is 10.2 Å². The van der Waals surface area contributed by atoms with Gasteiger partial charge in [-0.25, -0.2) is 4.98 Å². The van der Waals surface area contributed by atoms with Gasteiger partial charge in [0.1, 0.15) is 17.0 Å². The van der Waals surface area contributed by atoms with Gasteiger partial charge in [-0.05, 0) is 19.1 Å². The molecule has 0 aliphatic carbocycles. The van der Waals surface area contributed by atoms with Crippen LogP contribution in [-0.2, 0) is 0 Å². The largest absolute Gasteiger partial charge is 0.497 e. The maximum absolute atomic E-state index is 12.1. The van der Waals surface area contributed by atoms with Crippen LogP contribution in [0.2, 0.25) is 0 Å². The zero-order valence-corrected chi connectivity index (χ0v) is 11.3. The fraction of sp³-hybridized carbons (Fsp3) is 0.143. The number of nitrogens with zero attached hydrogens (tertiary/aromatic N) is 1. The second-order valence-electron chi connectivity index (χ2n) is 4.09. The Kier molecular flexibility index (Phi) is 2.83. The van der Waals surface area contributed by atoms with Crippen LogP contribution in [0.1, 0.15) is 5.01 Å². The number of hydrogen-bond donors (Lipinski definition) is 0. The summed E-state index contributed by atoms with van der Waals surface area (Å²) in [7, 11) is 1.58. The Balaban J connectivity index is 2.25. The summed E-state index contributed by atoms with van der Waals surface area (Å²) in [5, 5.41) is 3.35. The molecule has 3 rings (SSSR count). The molecule has 19 heavy (non-hydrogen) atoms. The maximum Gasteiger partial charge on any atom is 0.193 e. The molecule has 0 aliphatic heterocycles. The lowest BCUT2D eigenvalue weighted by Crippen LogP contribution is -2.00. The van der Waals surface area contributed by atoms with Gasteiger partial charge in [-0.2, -0.15) is 0 Å². The van der Waals surface area contributed by atoms with Gasteiger partial charge >= 0.3 is 0 Å². The van der Waals surface area contributed by atoms with Crippen molar-refractivity contribution in [1.29, 1.82) is 0 Å². The van der Waals surface area contributed by atoms with E-state index >= 15 is 0 Å². The van der Waals surface area contributed by atoms with Gasteiger partial charge < -0.3 is 9.15 Å². The summed E-state index contributed by atoms with van der Waals surface area (Å²) >= 11 is 1.52. The number of methoxy groups -OCH3 is 1. The third-order valence-electron chi connectivity index (χ3n) is 2.81. The van der Waals surface area contributed by atoms with Crippen LogP contribution in [0, 0.1) is 6.92 Å². The van der Waals surface area contributed by atoms with E-state index in [1.165, 1.54) is 17.4 Å². The number of rotatable bonds is 2. The van der Waals surface area contributed by atoms with Gasteiger partial charge in [0.25, 0.3) is 0 Å². The molecule has 0 radical (unpaired) electrons. The minimum atomic E-state index is -0.0791. The number of aromatic nitrogens is 1. The van der Waals surface area contributed by atoms with E-state index in [1.54, 1.807) is 25.3 Å². The SMILES string of the molecule is COc1ccc2c(=O)cc(-c3csc(C)n3)oc2c1.